The fourth-order valence-electron chi connectivity index (χ4n) is 6.83. The van der Waals surface area contributed by atoms with Gasteiger partial charge in [-0.25, -0.2) is 15.0 Å². The first-order valence-electron chi connectivity index (χ1n) is 14.7. The first-order valence-corrected chi connectivity index (χ1v) is 14.7. The number of aromatic nitrogens is 5. The van der Waals surface area contributed by atoms with Gasteiger partial charge in [-0.1, -0.05) is 26.8 Å². The van der Waals surface area contributed by atoms with E-state index in [0.29, 0.717) is 23.9 Å². The zero-order valence-electron chi connectivity index (χ0n) is 24.1. The van der Waals surface area contributed by atoms with E-state index in [1.807, 2.05) is 16.8 Å². The Morgan fingerprint density at radius 2 is 1.90 bits per heavy atom. The van der Waals surface area contributed by atoms with Crippen LogP contribution in [0.1, 0.15) is 70.3 Å². The van der Waals surface area contributed by atoms with E-state index in [-0.39, 0.29) is 17.4 Å². The molecule has 4 atom stereocenters. The molecule has 1 unspecified atom stereocenters. The maximum atomic E-state index is 10.9. The highest BCUT2D eigenvalue weighted by atomic mass is 16.3. The molecule has 0 saturated heterocycles. The minimum atomic E-state index is -0.836. The van der Waals surface area contributed by atoms with Crippen molar-refractivity contribution >= 4 is 27.9 Å². The highest BCUT2D eigenvalue weighted by molar-refractivity contribution is 5.86. The molecule has 2 fully saturated rings. The summed E-state index contributed by atoms with van der Waals surface area (Å²) < 4.78 is 1.95. The predicted molar refractivity (Wildman–Crippen MR) is 158 cm³/mol. The monoisotopic (exact) mass is 545 g/mol. The molecule has 0 spiro atoms. The van der Waals surface area contributed by atoms with Gasteiger partial charge in [0, 0.05) is 31.1 Å². The molecule has 0 aliphatic heterocycles. The number of anilines is 1. The average Bonchev–Trinajstić information content (AvgIpc) is 3.57. The summed E-state index contributed by atoms with van der Waals surface area (Å²) >= 11 is 0. The third-order valence-electron chi connectivity index (χ3n) is 9.45. The Balaban J connectivity index is 0.976. The second-order valence-electron chi connectivity index (χ2n) is 13.3. The van der Waals surface area contributed by atoms with E-state index in [1.165, 1.54) is 31.2 Å². The molecule has 6 rings (SSSR count). The van der Waals surface area contributed by atoms with E-state index in [1.54, 1.807) is 0 Å². The van der Waals surface area contributed by atoms with Crippen LogP contribution in [0.15, 0.2) is 36.8 Å². The number of hydrogen-bond donors (Lipinski definition) is 4. The van der Waals surface area contributed by atoms with Gasteiger partial charge >= 0.3 is 0 Å². The largest absolute Gasteiger partial charge is 0.390 e. The lowest BCUT2D eigenvalue weighted by atomic mass is 9.76. The van der Waals surface area contributed by atoms with Crippen LogP contribution in [0.2, 0.25) is 0 Å². The summed E-state index contributed by atoms with van der Waals surface area (Å²) in [6, 6.07) is 8.77. The van der Waals surface area contributed by atoms with Crippen LogP contribution in [0, 0.1) is 11.8 Å². The van der Waals surface area contributed by atoms with E-state index in [0.717, 1.165) is 47.5 Å². The third-order valence-corrected chi connectivity index (χ3v) is 9.45. The number of aromatic amines is 1. The smallest absolute Gasteiger partial charge is 0.145 e. The fraction of sp³-hybridized carbons (Fsp3) is 0.581. The van der Waals surface area contributed by atoms with Crippen molar-refractivity contribution in [3.63, 3.8) is 0 Å². The van der Waals surface area contributed by atoms with E-state index in [4.69, 9.17) is 10.7 Å². The second kappa shape index (κ2) is 10.4. The zero-order valence-corrected chi connectivity index (χ0v) is 24.1. The molecule has 4 aromatic rings. The first-order chi connectivity index (χ1) is 19.1. The Morgan fingerprint density at radius 3 is 2.67 bits per heavy atom. The number of benzene rings is 1. The Morgan fingerprint density at radius 1 is 1.10 bits per heavy atom. The molecular weight excluding hydrogens is 502 g/mol. The lowest BCUT2D eigenvalue weighted by molar-refractivity contribution is -0.00665. The number of rotatable bonds is 8. The topological polar surface area (TPSA) is 129 Å². The number of fused-ring (bicyclic) bond motifs is 2. The summed E-state index contributed by atoms with van der Waals surface area (Å²) in [5, 5.41) is 22.6. The summed E-state index contributed by atoms with van der Waals surface area (Å²) in [7, 11) is 2.16. The maximum absolute atomic E-state index is 10.9. The number of aliphatic hydroxyl groups is 2. The normalized spacial score (nSPS) is 27.2. The van der Waals surface area contributed by atoms with Crippen LogP contribution in [0.3, 0.4) is 0 Å². The van der Waals surface area contributed by atoms with Crippen molar-refractivity contribution in [2.24, 2.45) is 11.8 Å². The van der Waals surface area contributed by atoms with Gasteiger partial charge in [0.05, 0.1) is 28.6 Å². The van der Waals surface area contributed by atoms with Crippen molar-refractivity contribution in [3.05, 3.63) is 48.2 Å². The molecule has 40 heavy (non-hydrogen) atoms. The molecule has 214 valence electrons. The van der Waals surface area contributed by atoms with Gasteiger partial charge in [0.25, 0.3) is 0 Å². The van der Waals surface area contributed by atoms with Gasteiger partial charge in [-0.05, 0) is 74.2 Å². The number of aryl methyl sites for hydroxylation is 1. The van der Waals surface area contributed by atoms with Gasteiger partial charge in [0.1, 0.15) is 29.7 Å². The van der Waals surface area contributed by atoms with Crippen LogP contribution in [-0.2, 0) is 11.8 Å². The van der Waals surface area contributed by atoms with Crippen LogP contribution < -0.4 is 5.73 Å². The SMILES string of the molecule is CN(CC1C[C@@H](n2ccc3c(N)ncnc32)[C@H](O)[C@@H]1O)[C@H]1C[C@@H](CCCc2nc3cc(C(C)(C)C)ccc3[nH]2)C1. The number of nitrogen functional groups attached to an aromatic ring is 1. The van der Waals surface area contributed by atoms with E-state index < -0.39 is 12.2 Å². The molecule has 3 heterocycles. The summed E-state index contributed by atoms with van der Waals surface area (Å²) in [5.41, 5.74) is 10.3. The van der Waals surface area contributed by atoms with E-state index in [9.17, 15) is 10.2 Å². The van der Waals surface area contributed by atoms with E-state index >= 15 is 0 Å². The minimum Gasteiger partial charge on any atom is -0.390 e. The lowest BCUT2D eigenvalue weighted by Gasteiger charge is -2.42. The van der Waals surface area contributed by atoms with Gasteiger partial charge in [-0.3, -0.25) is 0 Å². The number of hydrogen-bond acceptors (Lipinski definition) is 7. The fourth-order valence-corrected chi connectivity index (χ4v) is 6.83. The molecule has 9 heteroatoms. The molecule has 2 saturated carbocycles. The molecule has 0 bridgehead atoms. The van der Waals surface area contributed by atoms with Crippen molar-refractivity contribution in [3.8, 4) is 0 Å². The van der Waals surface area contributed by atoms with Crippen molar-refractivity contribution in [1.82, 2.24) is 29.4 Å². The molecule has 1 aromatic carbocycles. The van der Waals surface area contributed by atoms with Crippen molar-refractivity contribution in [2.45, 2.75) is 89.0 Å². The lowest BCUT2D eigenvalue weighted by Crippen LogP contribution is -2.45. The number of nitrogens with one attached hydrogen (secondary N) is 1. The van der Waals surface area contributed by atoms with Crippen LogP contribution in [-0.4, -0.2) is 71.5 Å². The summed E-state index contributed by atoms with van der Waals surface area (Å²) in [5.74, 6) is 2.27. The van der Waals surface area contributed by atoms with Gasteiger partial charge in [-0.2, -0.15) is 0 Å². The Bertz CT molecular complexity index is 1480. The predicted octanol–water partition coefficient (Wildman–Crippen LogP) is 4.20. The van der Waals surface area contributed by atoms with Gasteiger partial charge in [0.2, 0.25) is 0 Å². The molecule has 0 radical (unpaired) electrons. The zero-order chi connectivity index (χ0) is 28.2. The first kappa shape index (κ1) is 27.2. The number of H-pyrrole nitrogens is 1. The number of nitrogens with zero attached hydrogens (tertiary/aromatic N) is 5. The quantitative estimate of drug-likeness (QED) is 0.261. The van der Waals surface area contributed by atoms with Crippen LogP contribution >= 0.6 is 0 Å². The highest BCUT2D eigenvalue weighted by Gasteiger charge is 2.44. The minimum absolute atomic E-state index is 0.00701. The Kier molecular flexibility index (Phi) is 7.09. The van der Waals surface area contributed by atoms with Crippen molar-refractivity contribution in [1.29, 1.82) is 0 Å². The standard InChI is InChI=1S/C31H43N7O2/c1-31(2,3)20-8-9-23-24(15-20)36-26(35-23)7-5-6-18-12-21(13-18)37(4)16-19-14-25(28(40)27(19)39)38-11-10-22-29(32)33-17-34-30(22)38/h8-11,15,17-19,21,25,27-28,39-40H,5-7,12-14,16H2,1-4H3,(H,35,36)(H2,32,33,34)/t18-,19?,21+,25-,27-,28+/m1/s1. The average molecular weight is 546 g/mol. The van der Waals surface area contributed by atoms with Crippen molar-refractivity contribution < 1.29 is 10.2 Å². The Labute approximate surface area is 235 Å². The van der Waals surface area contributed by atoms with Gasteiger partial charge in [0.15, 0.2) is 0 Å². The molecule has 5 N–H and O–H groups in total. The van der Waals surface area contributed by atoms with Gasteiger partial charge < -0.3 is 30.4 Å². The molecule has 2 aliphatic rings. The molecular formula is C31H43N7O2. The number of imidazole rings is 1. The molecule has 3 aromatic heterocycles. The number of nitrogens with two attached hydrogens (primary N) is 1. The van der Waals surface area contributed by atoms with Gasteiger partial charge in [-0.15, -0.1) is 0 Å². The molecule has 2 aliphatic carbocycles. The van der Waals surface area contributed by atoms with Crippen LogP contribution in [0.25, 0.3) is 22.1 Å². The second-order valence-corrected chi connectivity index (χ2v) is 13.3. The molecule has 0 amide bonds. The van der Waals surface area contributed by atoms with E-state index in [2.05, 4.69) is 65.9 Å². The van der Waals surface area contributed by atoms with Crippen molar-refractivity contribution in [2.75, 3.05) is 19.3 Å². The summed E-state index contributed by atoms with van der Waals surface area (Å²) in [6.45, 7) is 7.48. The highest BCUT2D eigenvalue weighted by Crippen LogP contribution is 2.40. The molecule has 9 nitrogen and oxygen atoms in total. The summed E-state index contributed by atoms with van der Waals surface area (Å²) in [4.78, 5) is 19.2. The summed E-state index contributed by atoms with van der Waals surface area (Å²) in [6.07, 6.45) is 8.17. The third kappa shape index (κ3) is 5.10. The number of aliphatic hydroxyl groups excluding tert-OH is 2. The van der Waals surface area contributed by atoms with Crippen LogP contribution in [0.5, 0.6) is 0 Å². The van der Waals surface area contributed by atoms with Crippen LogP contribution in [0.4, 0.5) is 5.82 Å². The Hall–Kier alpha value is -3.01. The maximum Gasteiger partial charge on any atom is 0.145 e.